The van der Waals surface area contributed by atoms with Gasteiger partial charge in [0.05, 0.1) is 18.5 Å². The number of carbonyl (C=O) groups excluding carboxylic acids is 1. The van der Waals surface area contributed by atoms with E-state index < -0.39 is 22.0 Å². The molecule has 3 aromatic rings. The standard InChI is InChI=1S/C26H28N2O5S/c1-17(2)16-34(31,32)28-26(30)22-9-4-3-8-21(22)18-10-11-23-24(14-18)33-15-19(25(23)29)13-20-7-5-6-12-27-20/h3-12,14,17,19,25,29H,13,15-16H2,1-2H3,(H,28,30). The molecular formula is C26H28N2O5S. The first-order valence-corrected chi connectivity index (χ1v) is 12.9. The number of ether oxygens (including phenoxy) is 1. The average Bonchev–Trinajstić information content (AvgIpc) is 2.80. The van der Waals surface area contributed by atoms with Crippen LogP contribution in [-0.2, 0) is 16.4 Å². The normalized spacial score (nSPS) is 17.6. The van der Waals surface area contributed by atoms with Crippen molar-refractivity contribution in [2.24, 2.45) is 11.8 Å². The number of fused-ring (bicyclic) bond motifs is 1. The van der Waals surface area contributed by atoms with Crippen LogP contribution in [0.4, 0.5) is 0 Å². The first kappa shape index (κ1) is 23.9. The van der Waals surface area contributed by atoms with Crippen molar-refractivity contribution >= 4 is 15.9 Å². The van der Waals surface area contributed by atoms with Gasteiger partial charge in [0, 0.05) is 28.9 Å². The maximum atomic E-state index is 12.8. The van der Waals surface area contributed by atoms with Crippen LogP contribution >= 0.6 is 0 Å². The van der Waals surface area contributed by atoms with Crippen LogP contribution in [0.3, 0.4) is 0 Å². The van der Waals surface area contributed by atoms with E-state index in [4.69, 9.17) is 4.74 Å². The van der Waals surface area contributed by atoms with Gasteiger partial charge in [-0.2, -0.15) is 0 Å². The van der Waals surface area contributed by atoms with Crippen molar-refractivity contribution < 1.29 is 23.1 Å². The molecule has 2 heterocycles. The van der Waals surface area contributed by atoms with Crippen molar-refractivity contribution in [3.8, 4) is 16.9 Å². The molecule has 2 N–H and O–H groups in total. The number of aromatic nitrogens is 1. The van der Waals surface area contributed by atoms with Gasteiger partial charge < -0.3 is 9.84 Å². The van der Waals surface area contributed by atoms with Gasteiger partial charge in [-0.05, 0) is 47.7 Å². The van der Waals surface area contributed by atoms with E-state index in [-0.39, 0.29) is 23.2 Å². The Morgan fingerprint density at radius 3 is 2.65 bits per heavy atom. The Morgan fingerprint density at radius 2 is 1.91 bits per heavy atom. The van der Waals surface area contributed by atoms with Crippen LogP contribution in [0.25, 0.3) is 11.1 Å². The molecule has 1 aliphatic heterocycles. The Kier molecular flexibility index (Phi) is 7.00. The molecule has 1 aliphatic rings. The predicted molar refractivity (Wildman–Crippen MR) is 130 cm³/mol. The quantitative estimate of drug-likeness (QED) is 0.534. The Labute approximate surface area is 199 Å². The van der Waals surface area contributed by atoms with Gasteiger partial charge in [0.15, 0.2) is 0 Å². The van der Waals surface area contributed by atoms with E-state index in [1.165, 1.54) is 0 Å². The number of nitrogens with zero attached hydrogens (tertiary/aromatic N) is 1. The SMILES string of the molecule is CC(C)CS(=O)(=O)NC(=O)c1ccccc1-c1ccc2c(c1)OCC(Cc1ccccn1)C2O. The molecule has 0 spiro atoms. The molecule has 4 rings (SSSR count). The van der Waals surface area contributed by atoms with E-state index in [2.05, 4.69) is 9.71 Å². The van der Waals surface area contributed by atoms with Gasteiger partial charge in [0.1, 0.15) is 5.75 Å². The lowest BCUT2D eigenvalue weighted by atomic mass is 9.88. The molecule has 178 valence electrons. The van der Waals surface area contributed by atoms with Gasteiger partial charge in [-0.3, -0.25) is 9.78 Å². The lowest BCUT2D eigenvalue weighted by Gasteiger charge is -2.30. The average molecular weight is 481 g/mol. The summed E-state index contributed by atoms with van der Waals surface area (Å²) in [7, 11) is -3.74. The van der Waals surface area contributed by atoms with Crippen molar-refractivity contribution in [2.45, 2.75) is 26.4 Å². The van der Waals surface area contributed by atoms with E-state index in [1.807, 2.05) is 24.3 Å². The summed E-state index contributed by atoms with van der Waals surface area (Å²) in [6, 6.07) is 17.9. The van der Waals surface area contributed by atoms with Crippen molar-refractivity contribution in [3.63, 3.8) is 0 Å². The summed E-state index contributed by atoms with van der Waals surface area (Å²) >= 11 is 0. The number of hydrogen-bond donors (Lipinski definition) is 2. The highest BCUT2D eigenvalue weighted by atomic mass is 32.2. The highest BCUT2D eigenvalue weighted by Gasteiger charge is 2.30. The van der Waals surface area contributed by atoms with Crippen LogP contribution in [0.1, 0.15) is 41.6 Å². The number of aliphatic hydroxyl groups excluding tert-OH is 1. The molecule has 0 fully saturated rings. The van der Waals surface area contributed by atoms with Gasteiger partial charge in [0.25, 0.3) is 5.91 Å². The molecule has 1 aromatic heterocycles. The molecule has 2 aromatic carbocycles. The zero-order valence-electron chi connectivity index (χ0n) is 19.1. The molecule has 0 radical (unpaired) electrons. The molecule has 0 saturated carbocycles. The van der Waals surface area contributed by atoms with Crippen LogP contribution in [0.2, 0.25) is 0 Å². The highest BCUT2D eigenvalue weighted by Crippen LogP contribution is 2.39. The summed E-state index contributed by atoms with van der Waals surface area (Å²) in [5.41, 5.74) is 3.09. The second-order valence-corrected chi connectivity index (χ2v) is 10.7. The second kappa shape index (κ2) is 9.95. The van der Waals surface area contributed by atoms with Crippen molar-refractivity contribution in [1.29, 1.82) is 0 Å². The number of nitrogens with one attached hydrogen (secondary N) is 1. The van der Waals surface area contributed by atoms with Crippen LogP contribution < -0.4 is 9.46 Å². The van der Waals surface area contributed by atoms with E-state index in [9.17, 15) is 18.3 Å². The first-order valence-electron chi connectivity index (χ1n) is 11.2. The first-order chi connectivity index (χ1) is 16.2. The third kappa shape index (κ3) is 5.46. The third-order valence-electron chi connectivity index (χ3n) is 5.71. The van der Waals surface area contributed by atoms with E-state index in [1.54, 1.807) is 56.4 Å². The Bertz CT molecular complexity index is 1280. The summed E-state index contributed by atoms with van der Waals surface area (Å²) in [4.78, 5) is 17.2. The topological polar surface area (TPSA) is 106 Å². The molecule has 0 bridgehead atoms. The molecule has 0 aliphatic carbocycles. The summed E-state index contributed by atoms with van der Waals surface area (Å²) in [6.07, 6.45) is 1.61. The maximum absolute atomic E-state index is 12.8. The zero-order valence-corrected chi connectivity index (χ0v) is 20.0. The summed E-state index contributed by atoms with van der Waals surface area (Å²) in [5, 5.41) is 10.9. The maximum Gasteiger partial charge on any atom is 0.265 e. The molecule has 34 heavy (non-hydrogen) atoms. The van der Waals surface area contributed by atoms with Crippen LogP contribution in [-0.4, -0.2) is 36.8 Å². The van der Waals surface area contributed by atoms with Crippen molar-refractivity contribution in [2.75, 3.05) is 12.4 Å². The number of carbonyl (C=O) groups is 1. The largest absolute Gasteiger partial charge is 0.493 e. The number of hydrogen-bond acceptors (Lipinski definition) is 6. The summed E-state index contributed by atoms with van der Waals surface area (Å²) in [6.45, 7) is 3.89. The zero-order chi connectivity index (χ0) is 24.3. The molecule has 2 unspecified atom stereocenters. The minimum atomic E-state index is -3.74. The Hall–Kier alpha value is -3.23. The summed E-state index contributed by atoms with van der Waals surface area (Å²) < 4.78 is 32.7. The fourth-order valence-electron chi connectivity index (χ4n) is 4.18. The van der Waals surface area contributed by atoms with Crippen LogP contribution in [0, 0.1) is 11.8 Å². The van der Waals surface area contributed by atoms with Crippen molar-refractivity contribution in [1.82, 2.24) is 9.71 Å². The van der Waals surface area contributed by atoms with E-state index >= 15 is 0 Å². The minimum absolute atomic E-state index is 0.105. The van der Waals surface area contributed by atoms with Gasteiger partial charge in [-0.25, -0.2) is 13.1 Å². The van der Waals surface area contributed by atoms with Gasteiger partial charge in [-0.1, -0.05) is 50.2 Å². The Morgan fingerprint density at radius 1 is 1.15 bits per heavy atom. The molecule has 8 heteroatoms. The highest BCUT2D eigenvalue weighted by molar-refractivity contribution is 7.90. The third-order valence-corrected chi connectivity index (χ3v) is 7.31. The summed E-state index contributed by atoms with van der Waals surface area (Å²) in [5.74, 6) is -0.496. The molecule has 0 saturated heterocycles. The number of rotatable bonds is 7. The van der Waals surface area contributed by atoms with Crippen LogP contribution in [0.15, 0.2) is 66.9 Å². The molecule has 2 atom stereocenters. The van der Waals surface area contributed by atoms with E-state index in [0.717, 1.165) is 5.69 Å². The smallest absolute Gasteiger partial charge is 0.265 e. The molecule has 7 nitrogen and oxygen atoms in total. The lowest BCUT2D eigenvalue weighted by molar-refractivity contribution is 0.0503. The Balaban J connectivity index is 1.58. The minimum Gasteiger partial charge on any atom is -0.493 e. The molecule has 1 amide bonds. The number of aliphatic hydroxyl groups is 1. The number of pyridine rings is 1. The van der Waals surface area contributed by atoms with Gasteiger partial charge in [-0.15, -0.1) is 0 Å². The number of sulfonamides is 1. The lowest BCUT2D eigenvalue weighted by Crippen LogP contribution is -2.34. The van der Waals surface area contributed by atoms with E-state index in [0.29, 0.717) is 35.5 Å². The van der Waals surface area contributed by atoms with Crippen molar-refractivity contribution in [3.05, 3.63) is 83.7 Å². The fraction of sp³-hybridized carbons (Fsp3) is 0.308. The molecular weight excluding hydrogens is 452 g/mol. The second-order valence-electron chi connectivity index (χ2n) is 8.95. The van der Waals surface area contributed by atoms with Crippen LogP contribution in [0.5, 0.6) is 5.75 Å². The fourth-order valence-corrected chi connectivity index (χ4v) is 5.53. The predicted octanol–water partition coefficient (Wildman–Crippen LogP) is 3.75. The number of amides is 1. The monoisotopic (exact) mass is 480 g/mol. The van der Waals surface area contributed by atoms with Gasteiger partial charge >= 0.3 is 0 Å². The van der Waals surface area contributed by atoms with Gasteiger partial charge in [0.2, 0.25) is 10.0 Å². The number of benzene rings is 2.